The van der Waals surface area contributed by atoms with Crippen LogP contribution in [0.3, 0.4) is 0 Å². The quantitative estimate of drug-likeness (QED) is 0.623. The van der Waals surface area contributed by atoms with E-state index in [-0.39, 0.29) is 0 Å². The summed E-state index contributed by atoms with van der Waals surface area (Å²) in [5.74, 6) is -0.406. The van der Waals surface area contributed by atoms with Gasteiger partial charge in [0.15, 0.2) is 15.7 Å². The second-order valence-corrected chi connectivity index (χ2v) is 5.73. The first-order chi connectivity index (χ1) is 4.31. The Balaban J connectivity index is 4.59. The van der Waals surface area contributed by atoms with Gasteiger partial charge in [-0.2, -0.15) is 5.11 Å². The molecule has 0 aromatic heterocycles. The Morgan fingerprint density at radius 3 is 1.90 bits per heavy atom. The Kier molecular flexibility index (Phi) is 2.54. The monoisotopic (exact) mass is 164 g/mol. The largest absolute Gasteiger partial charge is 0.226 e. The van der Waals surface area contributed by atoms with Crippen LogP contribution in [0.15, 0.2) is 5.11 Å². The fourth-order valence-electron chi connectivity index (χ4n) is 0.279. The molecule has 0 atom stereocenters. The van der Waals surface area contributed by atoms with Crippen molar-refractivity contribution in [1.82, 2.24) is 0 Å². The Labute approximate surface area is 61.1 Å². The highest BCUT2D eigenvalue weighted by Gasteiger charge is 2.28. The highest BCUT2D eigenvalue weighted by atomic mass is 32.2. The fourth-order valence-corrected chi connectivity index (χ4v) is 0.836. The molecule has 0 aliphatic rings. The number of nitrogens with zero attached hydrogens (tertiary/aromatic N) is 1. The first-order valence-corrected chi connectivity index (χ1v) is 4.52. The molecule has 0 rings (SSSR count). The molecule has 0 radical (unpaired) electrons. The van der Waals surface area contributed by atoms with Gasteiger partial charge in [-0.05, 0) is 20.8 Å². The Morgan fingerprint density at radius 1 is 1.40 bits per heavy atom. The number of hydrogen-bond acceptors (Lipinski definition) is 4. The van der Waals surface area contributed by atoms with Crippen LogP contribution in [0, 0.1) is 5.53 Å². The van der Waals surface area contributed by atoms with Crippen LogP contribution in [-0.2, 0) is 9.84 Å². The summed E-state index contributed by atoms with van der Waals surface area (Å²) < 4.78 is 21.3. The predicted octanol–water partition coefficient (Wildman–Crippen LogP) is 1.19. The summed E-state index contributed by atoms with van der Waals surface area (Å²) in [5.41, 5.74) is 6.38. The van der Waals surface area contributed by atoms with E-state index in [2.05, 4.69) is 5.11 Å². The van der Waals surface area contributed by atoms with E-state index in [1.54, 1.807) is 20.8 Å². The zero-order valence-corrected chi connectivity index (χ0v) is 7.20. The van der Waals surface area contributed by atoms with Crippen LogP contribution in [0.5, 0.6) is 0 Å². The minimum absolute atomic E-state index is 0.406. The van der Waals surface area contributed by atoms with Crippen molar-refractivity contribution in [2.24, 2.45) is 5.11 Å². The van der Waals surface area contributed by atoms with Gasteiger partial charge in [0.1, 0.15) is 0 Å². The summed E-state index contributed by atoms with van der Waals surface area (Å²) in [4.78, 5) is 0. The zero-order valence-electron chi connectivity index (χ0n) is 6.38. The first-order valence-electron chi connectivity index (χ1n) is 2.87. The molecular formula is C5H12N2O2S. The van der Waals surface area contributed by atoms with Gasteiger partial charge in [0.25, 0.3) is 0 Å². The van der Waals surface area contributed by atoms with E-state index in [9.17, 15) is 8.42 Å². The second-order valence-electron chi connectivity index (χ2n) is 3.01. The van der Waals surface area contributed by atoms with Gasteiger partial charge in [-0.1, -0.05) is 0 Å². The van der Waals surface area contributed by atoms with Gasteiger partial charge in [-0.25, -0.2) is 13.9 Å². The third kappa shape index (κ3) is 2.06. The van der Waals surface area contributed by atoms with Crippen LogP contribution in [0.25, 0.3) is 0 Å². The van der Waals surface area contributed by atoms with E-state index in [0.29, 0.717) is 0 Å². The van der Waals surface area contributed by atoms with Crippen molar-refractivity contribution in [3.05, 3.63) is 0 Å². The molecule has 0 amide bonds. The average molecular weight is 164 g/mol. The lowest BCUT2D eigenvalue weighted by Gasteiger charge is -2.16. The summed E-state index contributed by atoms with van der Waals surface area (Å²) in [6.07, 6.45) is 0. The fraction of sp³-hybridized carbons (Fsp3) is 1.00. The molecule has 10 heavy (non-hydrogen) atoms. The number of hydrogen-bond donors (Lipinski definition) is 1. The molecule has 0 aromatic rings. The van der Waals surface area contributed by atoms with Crippen LogP contribution >= 0.6 is 0 Å². The Morgan fingerprint density at radius 2 is 1.80 bits per heavy atom. The van der Waals surface area contributed by atoms with Crippen molar-refractivity contribution < 1.29 is 8.42 Å². The third-order valence-corrected chi connectivity index (χ3v) is 3.50. The Hall–Kier alpha value is -0.450. The number of sulfone groups is 1. The summed E-state index contributed by atoms with van der Waals surface area (Å²) in [5, 5.41) is 2.84. The van der Waals surface area contributed by atoms with Gasteiger partial charge in [0, 0.05) is 0 Å². The molecular weight excluding hydrogens is 152 g/mol. The van der Waals surface area contributed by atoms with Gasteiger partial charge in [0.05, 0.1) is 4.75 Å². The lowest BCUT2D eigenvalue weighted by molar-refractivity contribution is 0.559. The molecule has 0 aliphatic heterocycles. The van der Waals surface area contributed by atoms with Gasteiger partial charge in [-0.3, -0.25) is 0 Å². The molecule has 1 N–H and O–H groups in total. The normalized spacial score (nSPS) is 13.1. The minimum atomic E-state index is -3.20. The van der Waals surface area contributed by atoms with Crippen molar-refractivity contribution in [2.75, 3.05) is 5.88 Å². The molecule has 0 fully saturated rings. The number of rotatable bonds is 2. The molecule has 0 unspecified atom stereocenters. The van der Waals surface area contributed by atoms with Crippen molar-refractivity contribution >= 4 is 9.84 Å². The molecule has 0 saturated carbocycles. The lowest BCUT2D eigenvalue weighted by Crippen LogP contribution is -2.29. The maximum absolute atomic E-state index is 11.0. The molecule has 0 spiro atoms. The van der Waals surface area contributed by atoms with Gasteiger partial charge in [-0.15, -0.1) is 0 Å². The molecule has 60 valence electrons. The smallest absolute Gasteiger partial charge is 0.177 e. The average Bonchev–Trinajstić information content (AvgIpc) is 1.61. The van der Waals surface area contributed by atoms with Crippen molar-refractivity contribution in [1.29, 1.82) is 5.53 Å². The summed E-state index contributed by atoms with van der Waals surface area (Å²) in [6, 6.07) is 0. The van der Waals surface area contributed by atoms with Crippen LogP contribution in [0.4, 0.5) is 0 Å². The highest BCUT2D eigenvalue weighted by molar-refractivity contribution is 7.92. The predicted molar refractivity (Wildman–Crippen MR) is 38.7 cm³/mol. The summed E-state index contributed by atoms with van der Waals surface area (Å²) >= 11 is 0. The van der Waals surface area contributed by atoms with Crippen molar-refractivity contribution in [2.45, 2.75) is 25.5 Å². The van der Waals surface area contributed by atoms with Crippen molar-refractivity contribution in [3.8, 4) is 0 Å². The summed E-state index contributed by atoms with van der Waals surface area (Å²) in [6.45, 7) is 4.77. The molecule has 0 aromatic carbocycles. The topological polar surface area (TPSA) is 70.3 Å². The highest BCUT2D eigenvalue weighted by Crippen LogP contribution is 2.15. The lowest BCUT2D eigenvalue weighted by atomic mass is 10.3. The van der Waals surface area contributed by atoms with Gasteiger partial charge >= 0.3 is 0 Å². The molecule has 0 bridgehead atoms. The molecule has 0 aliphatic carbocycles. The molecule has 0 saturated heterocycles. The van der Waals surface area contributed by atoms with E-state index in [4.69, 9.17) is 5.53 Å². The van der Waals surface area contributed by atoms with Gasteiger partial charge < -0.3 is 0 Å². The first kappa shape index (κ1) is 9.55. The zero-order chi connectivity index (χ0) is 8.41. The summed E-state index contributed by atoms with van der Waals surface area (Å²) in [7, 11) is -3.20. The standard InChI is InChI=1S/C5H12N2O2S/c1-5(2,3)10(8,9)4-7-6/h6H,4H2,1-3H3. The van der Waals surface area contributed by atoms with Crippen LogP contribution < -0.4 is 0 Å². The maximum atomic E-state index is 11.0. The number of nitrogens with one attached hydrogen (secondary N) is 1. The third-order valence-electron chi connectivity index (χ3n) is 1.17. The molecule has 0 heterocycles. The van der Waals surface area contributed by atoms with Crippen LogP contribution in [-0.4, -0.2) is 19.0 Å². The minimum Gasteiger partial charge on any atom is -0.226 e. The van der Waals surface area contributed by atoms with Crippen LogP contribution in [0.2, 0.25) is 0 Å². The molecule has 5 heteroatoms. The van der Waals surface area contributed by atoms with Crippen LogP contribution in [0.1, 0.15) is 20.8 Å². The van der Waals surface area contributed by atoms with E-state index in [0.717, 1.165) is 0 Å². The van der Waals surface area contributed by atoms with E-state index in [1.807, 2.05) is 0 Å². The Bertz CT molecular complexity index is 212. The maximum Gasteiger partial charge on any atom is 0.177 e. The second kappa shape index (κ2) is 2.65. The van der Waals surface area contributed by atoms with E-state index in [1.165, 1.54) is 0 Å². The van der Waals surface area contributed by atoms with E-state index < -0.39 is 20.5 Å². The van der Waals surface area contributed by atoms with Crippen molar-refractivity contribution in [3.63, 3.8) is 0 Å². The SMILES string of the molecule is CC(C)(C)S(=O)(=O)CN=N. The molecule has 4 nitrogen and oxygen atoms in total. The van der Waals surface area contributed by atoms with Gasteiger partial charge in [0.2, 0.25) is 0 Å². The van der Waals surface area contributed by atoms with E-state index >= 15 is 0 Å².